The van der Waals surface area contributed by atoms with Gasteiger partial charge < -0.3 is 14.5 Å². The van der Waals surface area contributed by atoms with Crippen LogP contribution in [0, 0.1) is 0 Å². The minimum absolute atomic E-state index is 0.0000926. The Morgan fingerprint density at radius 2 is 2.14 bits per heavy atom. The highest BCUT2D eigenvalue weighted by Crippen LogP contribution is 2.22. The van der Waals surface area contributed by atoms with E-state index in [1.807, 2.05) is 13.8 Å². The number of hydrogen-bond acceptors (Lipinski definition) is 5. The molecule has 1 aromatic heterocycles. The van der Waals surface area contributed by atoms with E-state index in [0.717, 1.165) is 0 Å². The van der Waals surface area contributed by atoms with Gasteiger partial charge in [-0.3, -0.25) is 0 Å². The lowest BCUT2D eigenvalue weighted by molar-refractivity contribution is 0.169. The van der Waals surface area contributed by atoms with Gasteiger partial charge in [0.05, 0.1) is 13.2 Å². The molecule has 1 heterocycles. The van der Waals surface area contributed by atoms with Crippen LogP contribution < -0.4 is 5.32 Å². The molecule has 1 N–H and O–H groups in total. The predicted molar refractivity (Wildman–Crippen MR) is 79.5 cm³/mol. The van der Waals surface area contributed by atoms with E-state index >= 15 is 0 Å². The van der Waals surface area contributed by atoms with Crippen molar-refractivity contribution >= 4 is 10.0 Å². The molecule has 0 bridgehead atoms. The Kier molecular flexibility index (Phi) is 5.43. The molecular formula is C14H24N2O4S. The topological polar surface area (TPSA) is 71.8 Å². The normalized spacial score (nSPS) is 16.0. The Morgan fingerprint density at radius 3 is 2.71 bits per heavy atom. The van der Waals surface area contributed by atoms with Crippen LogP contribution in [0.2, 0.25) is 0 Å². The van der Waals surface area contributed by atoms with Gasteiger partial charge in [-0.15, -0.1) is 0 Å². The maximum atomic E-state index is 12.6. The molecule has 2 rings (SSSR count). The van der Waals surface area contributed by atoms with Crippen molar-refractivity contribution in [3.8, 4) is 0 Å². The SMILES string of the molecule is COCCN(C(C)C)S(=O)(=O)c1ccc(CNC2CC2)o1. The summed E-state index contributed by atoms with van der Waals surface area (Å²) in [5.41, 5.74) is 0. The maximum absolute atomic E-state index is 12.6. The first-order valence-corrected chi connectivity index (χ1v) is 8.72. The van der Waals surface area contributed by atoms with Crippen LogP contribution >= 0.6 is 0 Å². The molecule has 1 aromatic rings. The van der Waals surface area contributed by atoms with Crippen LogP contribution in [-0.2, 0) is 21.3 Å². The molecule has 21 heavy (non-hydrogen) atoms. The fourth-order valence-electron chi connectivity index (χ4n) is 2.08. The Hall–Kier alpha value is -0.890. The van der Waals surface area contributed by atoms with Gasteiger partial charge in [0.15, 0.2) is 0 Å². The number of hydrogen-bond donors (Lipinski definition) is 1. The third kappa shape index (κ3) is 4.29. The first kappa shape index (κ1) is 16.5. The van der Waals surface area contributed by atoms with Crippen LogP contribution in [0.25, 0.3) is 0 Å². The Labute approximate surface area is 126 Å². The molecule has 0 unspecified atom stereocenters. The smallest absolute Gasteiger partial charge is 0.276 e. The van der Waals surface area contributed by atoms with Gasteiger partial charge in [0.1, 0.15) is 5.76 Å². The summed E-state index contributed by atoms with van der Waals surface area (Å²) in [6, 6.07) is 3.66. The minimum Gasteiger partial charge on any atom is -0.447 e. The Morgan fingerprint density at radius 1 is 1.43 bits per heavy atom. The molecule has 0 spiro atoms. The van der Waals surface area contributed by atoms with E-state index in [0.29, 0.717) is 31.5 Å². The lowest BCUT2D eigenvalue weighted by atomic mass is 10.4. The van der Waals surface area contributed by atoms with E-state index in [9.17, 15) is 8.42 Å². The highest BCUT2D eigenvalue weighted by Gasteiger charge is 2.30. The van der Waals surface area contributed by atoms with Crippen molar-refractivity contribution in [2.24, 2.45) is 0 Å². The number of sulfonamides is 1. The van der Waals surface area contributed by atoms with E-state index < -0.39 is 10.0 Å². The van der Waals surface area contributed by atoms with Gasteiger partial charge in [-0.2, -0.15) is 4.31 Å². The molecule has 0 aliphatic heterocycles. The summed E-state index contributed by atoms with van der Waals surface area (Å²) < 4.78 is 37.1. The zero-order chi connectivity index (χ0) is 15.5. The van der Waals surface area contributed by atoms with Crippen LogP contribution in [0.5, 0.6) is 0 Å². The van der Waals surface area contributed by atoms with Gasteiger partial charge in [-0.1, -0.05) is 0 Å². The summed E-state index contributed by atoms with van der Waals surface area (Å²) in [6.45, 7) is 4.92. The largest absolute Gasteiger partial charge is 0.447 e. The molecule has 6 nitrogen and oxygen atoms in total. The van der Waals surface area contributed by atoms with E-state index in [1.54, 1.807) is 13.2 Å². The van der Waals surface area contributed by atoms with Crippen molar-refractivity contribution in [3.63, 3.8) is 0 Å². The molecule has 0 aromatic carbocycles. The second-order valence-corrected chi connectivity index (χ2v) is 7.40. The van der Waals surface area contributed by atoms with E-state index in [1.165, 1.54) is 23.2 Å². The molecule has 0 saturated heterocycles. The number of methoxy groups -OCH3 is 1. The van der Waals surface area contributed by atoms with E-state index in [4.69, 9.17) is 9.15 Å². The molecule has 1 aliphatic rings. The quantitative estimate of drug-likeness (QED) is 0.749. The Bertz CT molecular complexity index is 549. The van der Waals surface area contributed by atoms with Gasteiger partial charge in [-0.25, -0.2) is 8.42 Å². The van der Waals surface area contributed by atoms with Crippen LogP contribution in [0.3, 0.4) is 0 Å². The van der Waals surface area contributed by atoms with Gasteiger partial charge in [0.2, 0.25) is 5.09 Å². The van der Waals surface area contributed by atoms with Crippen LogP contribution in [0.15, 0.2) is 21.6 Å². The average molecular weight is 316 g/mol. The molecule has 0 radical (unpaired) electrons. The summed E-state index contributed by atoms with van der Waals surface area (Å²) in [6.07, 6.45) is 2.37. The summed E-state index contributed by atoms with van der Waals surface area (Å²) in [4.78, 5) is 0. The monoisotopic (exact) mass is 316 g/mol. The molecule has 0 atom stereocenters. The molecule has 120 valence electrons. The molecule has 1 saturated carbocycles. The lowest BCUT2D eigenvalue weighted by Gasteiger charge is -2.24. The number of nitrogens with zero attached hydrogens (tertiary/aromatic N) is 1. The number of ether oxygens (including phenoxy) is 1. The third-order valence-corrected chi connectivity index (χ3v) is 5.38. The van der Waals surface area contributed by atoms with Crippen LogP contribution in [0.4, 0.5) is 0 Å². The zero-order valence-electron chi connectivity index (χ0n) is 12.8. The summed E-state index contributed by atoms with van der Waals surface area (Å²) >= 11 is 0. The van der Waals surface area contributed by atoms with Gasteiger partial charge in [-0.05, 0) is 38.8 Å². The van der Waals surface area contributed by atoms with Crippen LogP contribution in [0.1, 0.15) is 32.4 Å². The number of furan rings is 1. The summed E-state index contributed by atoms with van der Waals surface area (Å²) in [7, 11) is -2.06. The van der Waals surface area contributed by atoms with Gasteiger partial charge in [0, 0.05) is 25.7 Å². The van der Waals surface area contributed by atoms with Crippen molar-refractivity contribution in [2.75, 3.05) is 20.3 Å². The highest BCUT2D eigenvalue weighted by molar-refractivity contribution is 7.89. The average Bonchev–Trinajstić information content (AvgIpc) is 3.12. The minimum atomic E-state index is -3.62. The van der Waals surface area contributed by atoms with E-state index in [-0.39, 0.29) is 11.1 Å². The molecule has 0 amide bonds. The van der Waals surface area contributed by atoms with Crippen molar-refractivity contribution < 1.29 is 17.6 Å². The second kappa shape index (κ2) is 6.91. The fraction of sp³-hybridized carbons (Fsp3) is 0.714. The summed E-state index contributed by atoms with van der Waals surface area (Å²) in [5, 5.41) is 3.30. The molecular weight excluding hydrogens is 292 g/mol. The third-order valence-electron chi connectivity index (χ3n) is 3.43. The maximum Gasteiger partial charge on any atom is 0.276 e. The fourth-order valence-corrected chi connectivity index (χ4v) is 3.63. The van der Waals surface area contributed by atoms with Crippen molar-refractivity contribution in [1.82, 2.24) is 9.62 Å². The standard InChI is InChI=1S/C14H24N2O4S/c1-11(2)16(8-9-19-3)21(17,18)14-7-6-13(20-14)10-15-12-4-5-12/h6-7,11-12,15H,4-5,8-10H2,1-3H3. The summed E-state index contributed by atoms with van der Waals surface area (Å²) in [5.74, 6) is 0.649. The number of nitrogens with one attached hydrogen (secondary N) is 1. The van der Waals surface area contributed by atoms with E-state index in [2.05, 4.69) is 5.32 Å². The van der Waals surface area contributed by atoms with Crippen LogP contribution in [-0.4, -0.2) is 45.1 Å². The zero-order valence-corrected chi connectivity index (χ0v) is 13.6. The molecule has 7 heteroatoms. The molecule has 1 fully saturated rings. The predicted octanol–water partition coefficient (Wildman–Crippen LogP) is 1.58. The highest BCUT2D eigenvalue weighted by atomic mass is 32.2. The Balaban J connectivity index is 2.08. The van der Waals surface area contributed by atoms with Crippen molar-refractivity contribution in [2.45, 2.75) is 50.4 Å². The number of rotatable bonds is 9. The van der Waals surface area contributed by atoms with Gasteiger partial charge in [0.25, 0.3) is 10.0 Å². The van der Waals surface area contributed by atoms with Gasteiger partial charge >= 0.3 is 0 Å². The molecule has 1 aliphatic carbocycles. The second-order valence-electron chi connectivity index (χ2n) is 5.58. The van der Waals surface area contributed by atoms with Crippen molar-refractivity contribution in [1.29, 1.82) is 0 Å². The first-order valence-electron chi connectivity index (χ1n) is 7.28. The van der Waals surface area contributed by atoms with Crippen molar-refractivity contribution in [3.05, 3.63) is 17.9 Å². The first-order chi connectivity index (χ1) is 9.95. The lowest BCUT2D eigenvalue weighted by Crippen LogP contribution is -2.39.